The van der Waals surface area contributed by atoms with Crippen molar-refractivity contribution in [3.8, 4) is 28.8 Å². The van der Waals surface area contributed by atoms with E-state index in [1.54, 1.807) is 23.0 Å². The maximum Gasteiger partial charge on any atom is 0.216 e. The van der Waals surface area contributed by atoms with Crippen LogP contribution in [0.4, 0.5) is 0 Å². The summed E-state index contributed by atoms with van der Waals surface area (Å²) in [7, 11) is -4.03. The Labute approximate surface area is 234 Å². The fourth-order valence-corrected chi connectivity index (χ4v) is 5.32. The van der Waals surface area contributed by atoms with Crippen LogP contribution in [0.2, 0.25) is 0 Å². The Hall–Kier alpha value is -4.93. The Bertz CT molecular complexity index is 1820. The lowest BCUT2D eigenvalue weighted by Gasteiger charge is -2.08. The van der Waals surface area contributed by atoms with Crippen LogP contribution in [0.5, 0.6) is 5.75 Å². The van der Waals surface area contributed by atoms with Gasteiger partial charge in [0.1, 0.15) is 29.0 Å². The number of nitriles is 1. The lowest BCUT2D eigenvalue weighted by molar-refractivity contribution is 0.306. The Morgan fingerprint density at radius 3 is 2.25 bits per heavy atom. The monoisotopic (exact) mass is 545 g/mol. The number of sulfone groups is 1. The minimum Gasteiger partial charge on any atom is -0.489 e. The molecule has 0 saturated heterocycles. The summed E-state index contributed by atoms with van der Waals surface area (Å²) >= 11 is 0. The van der Waals surface area contributed by atoms with Crippen molar-refractivity contribution in [3.05, 3.63) is 136 Å². The first-order valence-electron chi connectivity index (χ1n) is 12.7. The van der Waals surface area contributed by atoms with E-state index in [2.05, 4.69) is 0 Å². The fraction of sp³-hybridized carbons (Fsp3) is 0.0909. The van der Waals surface area contributed by atoms with Gasteiger partial charge in [-0.3, -0.25) is 0 Å². The highest BCUT2D eigenvalue weighted by Gasteiger charge is 2.22. The second kappa shape index (κ2) is 11.4. The molecule has 0 unspecified atom stereocenters. The SMILES string of the molecule is Cc1ccc(COc2cccc(-c3nn(-c4ccccc4)cc3/C=C(/C#N)S(=O)(=O)c3ccc(C)cc3)c2)cc1. The van der Waals surface area contributed by atoms with E-state index >= 15 is 0 Å². The first kappa shape index (κ1) is 26.7. The third kappa shape index (κ3) is 5.88. The van der Waals surface area contributed by atoms with E-state index < -0.39 is 9.84 Å². The molecule has 1 heterocycles. The van der Waals surface area contributed by atoms with Crippen LogP contribution in [0, 0.1) is 25.2 Å². The molecular weight excluding hydrogens is 518 g/mol. The summed E-state index contributed by atoms with van der Waals surface area (Å²) in [4.78, 5) is -0.300. The number of hydrogen-bond donors (Lipinski definition) is 0. The van der Waals surface area contributed by atoms with E-state index in [4.69, 9.17) is 9.84 Å². The van der Waals surface area contributed by atoms with Crippen molar-refractivity contribution in [2.75, 3.05) is 0 Å². The second-order valence-electron chi connectivity index (χ2n) is 9.45. The van der Waals surface area contributed by atoms with Crippen LogP contribution in [0.25, 0.3) is 23.0 Å². The van der Waals surface area contributed by atoms with E-state index in [1.165, 1.54) is 23.8 Å². The van der Waals surface area contributed by atoms with Crippen LogP contribution >= 0.6 is 0 Å². The summed E-state index contributed by atoms with van der Waals surface area (Å²) in [5.41, 5.74) is 5.71. The lowest BCUT2D eigenvalue weighted by atomic mass is 10.1. The number of benzene rings is 4. The van der Waals surface area contributed by atoms with Crippen LogP contribution in [-0.4, -0.2) is 18.2 Å². The van der Waals surface area contributed by atoms with E-state index in [1.807, 2.05) is 98.8 Å². The number of aromatic nitrogens is 2. The molecule has 198 valence electrons. The molecule has 0 bridgehead atoms. The van der Waals surface area contributed by atoms with Gasteiger partial charge in [-0.1, -0.05) is 77.9 Å². The molecule has 0 aliphatic rings. The standard InChI is InChI=1S/C33H27N3O3S/c1-24-11-15-26(16-12-24)23-39-30-10-6-7-27(19-30)33-28(22-36(35-33)29-8-4-3-5-9-29)20-32(21-34)40(37,38)31-17-13-25(2)14-18-31/h3-20,22H,23H2,1-2H3/b32-20-. The molecule has 0 saturated carbocycles. The molecule has 5 rings (SSSR count). The first-order valence-corrected chi connectivity index (χ1v) is 14.2. The molecule has 0 atom stereocenters. The predicted octanol–water partition coefficient (Wildman–Crippen LogP) is 7.07. The van der Waals surface area contributed by atoms with Gasteiger partial charge in [0, 0.05) is 17.3 Å². The molecule has 5 aromatic rings. The lowest BCUT2D eigenvalue weighted by Crippen LogP contribution is -2.03. The zero-order chi connectivity index (χ0) is 28.1. The second-order valence-corrected chi connectivity index (χ2v) is 11.4. The van der Waals surface area contributed by atoms with E-state index in [0.29, 0.717) is 23.6 Å². The average Bonchev–Trinajstić information content (AvgIpc) is 3.40. The largest absolute Gasteiger partial charge is 0.489 e. The highest BCUT2D eigenvalue weighted by atomic mass is 32.2. The van der Waals surface area contributed by atoms with Gasteiger partial charge in [0.2, 0.25) is 9.84 Å². The summed E-state index contributed by atoms with van der Waals surface area (Å²) in [6, 6.07) is 33.5. The van der Waals surface area contributed by atoms with Crippen molar-refractivity contribution in [3.63, 3.8) is 0 Å². The zero-order valence-electron chi connectivity index (χ0n) is 22.2. The molecule has 7 heteroatoms. The van der Waals surface area contributed by atoms with Gasteiger partial charge in [-0.2, -0.15) is 10.4 Å². The first-order chi connectivity index (χ1) is 19.3. The summed E-state index contributed by atoms with van der Waals surface area (Å²) < 4.78 is 34.4. The van der Waals surface area contributed by atoms with Gasteiger partial charge in [-0.05, 0) is 61.9 Å². The summed E-state index contributed by atoms with van der Waals surface area (Å²) in [6.07, 6.45) is 3.11. The third-order valence-corrected chi connectivity index (χ3v) is 8.10. The van der Waals surface area contributed by atoms with Gasteiger partial charge in [-0.15, -0.1) is 0 Å². The molecule has 0 fully saturated rings. The number of aryl methyl sites for hydroxylation is 2. The quantitative estimate of drug-likeness (QED) is 0.195. The minimum absolute atomic E-state index is 0.0643. The summed E-state index contributed by atoms with van der Waals surface area (Å²) in [5.74, 6) is 0.648. The van der Waals surface area contributed by atoms with Crippen LogP contribution < -0.4 is 4.74 Å². The smallest absolute Gasteiger partial charge is 0.216 e. The highest BCUT2D eigenvalue weighted by Crippen LogP contribution is 2.30. The predicted molar refractivity (Wildman–Crippen MR) is 156 cm³/mol. The summed E-state index contributed by atoms with van der Waals surface area (Å²) in [6.45, 7) is 4.32. The molecular formula is C33H27N3O3S. The van der Waals surface area contributed by atoms with Crippen LogP contribution in [-0.2, 0) is 16.4 Å². The minimum atomic E-state index is -4.03. The molecule has 0 radical (unpaired) electrons. The Balaban J connectivity index is 1.55. The van der Waals surface area contributed by atoms with Crippen molar-refractivity contribution in [1.82, 2.24) is 9.78 Å². The van der Waals surface area contributed by atoms with Crippen molar-refractivity contribution < 1.29 is 13.2 Å². The van der Waals surface area contributed by atoms with Crippen LogP contribution in [0.15, 0.2) is 119 Å². The topological polar surface area (TPSA) is 85.0 Å². The van der Waals surface area contributed by atoms with Crippen molar-refractivity contribution in [2.45, 2.75) is 25.3 Å². The van der Waals surface area contributed by atoms with Crippen molar-refractivity contribution >= 4 is 15.9 Å². The zero-order valence-corrected chi connectivity index (χ0v) is 23.0. The van der Waals surface area contributed by atoms with Gasteiger partial charge in [0.15, 0.2) is 0 Å². The van der Waals surface area contributed by atoms with Crippen LogP contribution in [0.1, 0.15) is 22.3 Å². The van der Waals surface area contributed by atoms with Gasteiger partial charge in [0.25, 0.3) is 0 Å². The number of allylic oxidation sites excluding steroid dienone is 1. The molecule has 0 spiro atoms. The van der Waals surface area contributed by atoms with E-state index in [-0.39, 0.29) is 9.80 Å². The molecule has 0 amide bonds. The van der Waals surface area contributed by atoms with Crippen LogP contribution in [0.3, 0.4) is 0 Å². The number of hydrogen-bond acceptors (Lipinski definition) is 5. The number of ether oxygens (including phenoxy) is 1. The molecule has 40 heavy (non-hydrogen) atoms. The Kier molecular flexibility index (Phi) is 7.63. The van der Waals surface area contributed by atoms with Gasteiger partial charge in [-0.25, -0.2) is 13.1 Å². The number of nitrogens with zero attached hydrogens (tertiary/aromatic N) is 3. The Morgan fingerprint density at radius 1 is 0.900 bits per heavy atom. The molecule has 0 aliphatic heterocycles. The normalized spacial score (nSPS) is 11.7. The average molecular weight is 546 g/mol. The maximum atomic E-state index is 13.4. The molecule has 6 nitrogen and oxygen atoms in total. The number of para-hydroxylation sites is 1. The molecule has 1 aromatic heterocycles. The fourth-order valence-electron chi connectivity index (χ4n) is 4.17. The third-order valence-electron chi connectivity index (χ3n) is 6.41. The number of rotatable bonds is 8. The molecule has 0 aliphatic carbocycles. The van der Waals surface area contributed by atoms with E-state index in [0.717, 1.165) is 22.4 Å². The van der Waals surface area contributed by atoms with E-state index in [9.17, 15) is 13.7 Å². The van der Waals surface area contributed by atoms with Gasteiger partial charge in [0.05, 0.1) is 10.6 Å². The maximum absolute atomic E-state index is 13.4. The van der Waals surface area contributed by atoms with Gasteiger partial charge >= 0.3 is 0 Å². The highest BCUT2D eigenvalue weighted by molar-refractivity contribution is 7.95. The van der Waals surface area contributed by atoms with Crippen molar-refractivity contribution in [1.29, 1.82) is 5.26 Å². The van der Waals surface area contributed by atoms with Crippen molar-refractivity contribution in [2.24, 2.45) is 0 Å². The van der Waals surface area contributed by atoms with Gasteiger partial charge < -0.3 is 4.74 Å². The molecule has 0 N–H and O–H groups in total. The Morgan fingerprint density at radius 2 is 1.57 bits per heavy atom. The summed E-state index contributed by atoms with van der Waals surface area (Å²) in [5, 5.41) is 14.7. The molecule has 4 aromatic carbocycles.